The first-order chi connectivity index (χ1) is 7.15. The van der Waals surface area contributed by atoms with E-state index in [9.17, 15) is 0 Å². The smallest absolute Gasteiger partial charge is 0.0415 e. The second-order valence-electron chi connectivity index (χ2n) is 4.04. The van der Waals surface area contributed by atoms with Crippen molar-refractivity contribution in [2.24, 2.45) is 5.73 Å². The topological polar surface area (TPSA) is 41.3 Å². The van der Waals surface area contributed by atoms with Crippen LogP contribution in [0.5, 0.6) is 0 Å². The van der Waals surface area contributed by atoms with E-state index in [1.54, 1.807) is 0 Å². The predicted molar refractivity (Wildman–Crippen MR) is 66.1 cm³/mol. The van der Waals surface area contributed by atoms with Crippen LogP contribution in [0.4, 0.5) is 5.69 Å². The molecule has 0 radical (unpaired) electrons. The minimum atomic E-state index is 0.589. The lowest BCUT2D eigenvalue weighted by Gasteiger charge is -2.16. The third-order valence-electron chi connectivity index (χ3n) is 2.44. The first-order valence-corrected chi connectivity index (χ1v) is 5.32. The monoisotopic (exact) mass is 207 g/mol. The van der Waals surface area contributed by atoms with Crippen LogP contribution >= 0.6 is 0 Å². The van der Waals surface area contributed by atoms with Gasteiger partial charge in [-0.3, -0.25) is 0 Å². The zero-order valence-corrected chi connectivity index (χ0v) is 9.88. The fraction of sp³-hybridized carbons (Fsp3) is 0.500. The van der Waals surface area contributed by atoms with Crippen molar-refractivity contribution in [2.75, 3.05) is 32.5 Å². The fourth-order valence-electron chi connectivity index (χ4n) is 1.56. The van der Waals surface area contributed by atoms with Gasteiger partial charge in [0.2, 0.25) is 0 Å². The van der Waals surface area contributed by atoms with Crippen molar-refractivity contribution in [3.8, 4) is 0 Å². The van der Waals surface area contributed by atoms with Crippen molar-refractivity contribution in [3.05, 3.63) is 29.3 Å². The molecule has 3 N–H and O–H groups in total. The van der Waals surface area contributed by atoms with Crippen molar-refractivity contribution >= 4 is 5.69 Å². The highest BCUT2D eigenvalue weighted by Crippen LogP contribution is 2.19. The maximum Gasteiger partial charge on any atom is 0.0415 e. The van der Waals surface area contributed by atoms with Crippen molar-refractivity contribution in [2.45, 2.75) is 13.5 Å². The van der Waals surface area contributed by atoms with Crippen LogP contribution in [0.2, 0.25) is 0 Å². The summed E-state index contributed by atoms with van der Waals surface area (Å²) >= 11 is 0. The number of para-hydroxylation sites is 1. The number of anilines is 1. The summed E-state index contributed by atoms with van der Waals surface area (Å²) in [5.41, 5.74) is 9.35. The Kier molecular flexibility index (Phi) is 4.59. The fourth-order valence-corrected chi connectivity index (χ4v) is 1.56. The highest BCUT2D eigenvalue weighted by molar-refractivity contribution is 5.57. The molecule has 1 rings (SSSR count). The molecule has 0 aromatic heterocycles. The standard InChI is InChI=1S/C12H21N3/c1-10-5-4-6-11(9-13)12(10)14-7-8-15(2)3/h4-6,14H,7-9,13H2,1-3H3. The number of rotatable bonds is 5. The number of hydrogen-bond acceptors (Lipinski definition) is 3. The summed E-state index contributed by atoms with van der Waals surface area (Å²) in [6, 6.07) is 6.23. The van der Waals surface area contributed by atoms with E-state index in [-0.39, 0.29) is 0 Å². The summed E-state index contributed by atoms with van der Waals surface area (Å²) in [5, 5.41) is 3.44. The Bertz CT molecular complexity index is 308. The van der Waals surface area contributed by atoms with E-state index in [1.165, 1.54) is 16.8 Å². The van der Waals surface area contributed by atoms with Gasteiger partial charge in [0.15, 0.2) is 0 Å². The van der Waals surface area contributed by atoms with Crippen LogP contribution in [-0.4, -0.2) is 32.1 Å². The van der Waals surface area contributed by atoms with E-state index < -0.39 is 0 Å². The van der Waals surface area contributed by atoms with Gasteiger partial charge in [-0.25, -0.2) is 0 Å². The molecule has 0 heterocycles. The van der Waals surface area contributed by atoms with E-state index in [4.69, 9.17) is 5.73 Å². The third kappa shape index (κ3) is 3.53. The summed E-state index contributed by atoms with van der Waals surface area (Å²) < 4.78 is 0. The molecule has 0 amide bonds. The van der Waals surface area contributed by atoms with Crippen LogP contribution in [0.25, 0.3) is 0 Å². The minimum absolute atomic E-state index is 0.589. The van der Waals surface area contributed by atoms with Gasteiger partial charge < -0.3 is 16.0 Å². The SMILES string of the molecule is Cc1cccc(CN)c1NCCN(C)C. The number of likely N-dealkylation sites (N-methyl/N-ethyl adjacent to an activating group) is 1. The highest BCUT2D eigenvalue weighted by atomic mass is 15.1. The molecule has 0 unspecified atom stereocenters. The molecule has 3 nitrogen and oxygen atoms in total. The molecular weight excluding hydrogens is 186 g/mol. The van der Waals surface area contributed by atoms with Gasteiger partial charge in [0, 0.05) is 25.3 Å². The molecule has 0 fully saturated rings. The number of nitrogens with one attached hydrogen (secondary N) is 1. The van der Waals surface area contributed by atoms with Crippen LogP contribution in [0.1, 0.15) is 11.1 Å². The molecule has 0 saturated heterocycles. The third-order valence-corrected chi connectivity index (χ3v) is 2.44. The first-order valence-electron chi connectivity index (χ1n) is 5.32. The molecule has 1 aromatic rings. The maximum atomic E-state index is 5.70. The largest absolute Gasteiger partial charge is 0.383 e. The molecule has 0 aliphatic carbocycles. The summed E-state index contributed by atoms with van der Waals surface area (Å²) in [7, 11) is 4.15. The summed E-state index contributed by atoms with van der Waals surface area (Å²) in [6.07, 6.45) is 0. The summed E-state index contributed by atoms with van der Waals surface area (Å²) in [5.74, 6) is 0. The second kappa shape index (κ2) is 5.73. The Balaban J connectivity index is 2.66. The lowest BCUT2D eigenvalue weighted by Crippen LogP contribution is -2.21. The van der Waals surface area contributed by atoms with Crippen LogP contribution in [0.15, 0.2) is 18.2 Å². The maximum absolute atomic E-state index is 5.70. The molecule has 0 saturated carbocycles. The molecule has 15 heavy (non-hydrogen) atoms. The van der Waals surface area contributed by atoms with E-state index in [0.717, 1.165) is 13.1 Å². The van der Waals surface area contributed by atoms with Crippen molar-refractivity contribution in [3.63, 3.8) is 0 Å². The average Bonchev–Trinajstić information content (AvgIpc) is 2.20. The number of nitrogens with two attached hydrogens (primary N) is 1. The Morgan fingerprint density at radius 3 is 2.67 bits per heavy atom. The molecule has 0 aliphatic heterocycles. The Morgan fingerprint density at radius 2 is 2.07 bits per heavy atom. The van der Waals surface area contributed by atoms with Crippen LogP contribution < -0.4 is 11.1 Å². The zero-order chi connectivity index (χ0) is 11.3. The lowest BCUT2D eigenvalue weighted by atomic mass is 10.1. The second-order valence-corrected chi connectivity index (χ2v) is 4.04. The van der Waals surface area contributed by atoms with Gasteiger partial charge in [-0.15, -0.1) is 0 Å². The van der Waals surface area contributed by atoms with Gasteiger partial charge in [-0.2, -0.15) is 0 Å². The molecule has 0 bridgehead atoms. The van der Waals surface area contributed by atoms with Gasteiger partial charge in [0.25, 0.3) is 0 Å². The van der Waals surface area contributed by atoms with Gasteiger partial charge in [0.05, 0.1) is 0 Å². The molecular formula is C12H21N3. The van der Waals surface area contributed by atoms with Gasteiger partial charge >= 0.3 is 0 Å². The quantitative estimate of drug-likeness (QED) is 0.767. The van der Waals surface area contributed by atoms with Crippen molar-refractivity contribution in [1.82, 2.24) is 4.90 Å². The molecule has 3 heteroatoms. The highest BCUT2D eigenvalue weighted by Gasteiger charge is 2.02. The van der Waals surface area contributed by atoms with Gasteiger partial charge in [-0.05, 0) is 32.1 Å². The molecule has 0 aliphatic rings. The minimum Gasteiger partial charge on any atom is -0.383 e. The molecule has 0 atom stereocenters. The van der Waals surface area contributed by atoms with E-state index in [0.29, 0.717) is 6.54 Å². The normalized spacial score (nSPS) is 10.7. The van der Waals surface area contributed by atoms with Gasteiger partial charge in [-0.1, -0.05) is 18.2 Å². The number of aryl methyl sites for hydroxylation is 1. The number of benzene rings is 1. The molecule has 84 valence electrons. The molecule has 0 spiro atoms. The zero-order valence-electron chi connectivity index (χ0n) is 9.88. The number of nitrogens with zero attached hydrogens (tertiary/aromatic N) is 1. The van der Waals surface area contributed by atoms with Crippen molar-refractivity contribution < 1.29 is 0 Å². The van der Waals surface area contributed by atoms with Crippen LogP contribution in [-0.2, 0) is 6.54 Å². The average molecular weight is 207 g/mol. The predicted octanol–water partition coefficient (Wildman–Crippen LogP) is 1.43. The Hall–Kier alpha value is -1.06. The Labute approximate surface area is 92.3 Å². The Morgan fingerprint density at radius 1 is 1.33 bits per heavy atom. The van der Waals surface area contributed by atoms with E-state index in [2.05, 4.69) is 49.4 Å². The summed E-state index contributed by atoms with van der Waals surface area (Å²) in [6.45, 7) is 4.67. The lowest BCUT2D eigenvalue weighted by molar-refractivity contribution is 0.425. The van der Waals surface area contributed by atoms with E-state index in [1.807, 2.05) is 0 Å². The molecule has 1 aromatic carbocycles. The number of hydrogen-bond donors (Lipinski definition) is 2. The first kappa shape index (κ1) is 12.0. The van der Waals surface area contributed by atoms with Crippen molar-refractivity contribution in [1.29, 1.82) is 0 Å². The van der Waals surface area contributed by atoms with Gasteiger partial charge in [0.1, 0.15) is 0 Å². The van der Waals surface area contributed by atoms with Crippen LogP contribution in [0.3, 0.4) is 0 Å². The van der Waals surface area contributed by atoms with Crippen LogP contribution in [0, 0.1) is 6.92 Å². The van der Waals surface area contributed by atoms with E-state index >= 15 is 0 Å². The summed E-state index contributed by atoms with van der Waals surface area (Å²) in [4.78, 5) is 2.16.